The average molecular weight is 496 g/mol. The topological polar surface area (TPSA) is 88.6 Å². The molecular weight excluding hydrogens is 477 g/mol. The number of carbonyl (C=O) groups is 1. The van der Waals surface area contributed by atoms with Gasteiger partial charge in [-0.2, -0.15) is 4.31 Å². The first kappa shape index (κ1) is 22.8. The van der Waals surface area contributed by atoms with Gasteiger partial charge in [-0.05, 0) is 24.3 Å². The molecule has 1 aliphatic rings. The summed E-state index contributed by atoms with van der Waals surface area (Å²) in [5, 5.41) is 5.64. The Bertz CT molecular complexity index is 1240. The molecule has 4 rings (SSSR count). The summed E-state index contributed by atoms with van der Waals surface area (Å²) < 4.78 is 46.3. The average Bonchev–Trinajstić information content (AvgIpc) is 3.24. The van der Waals surface area contributed by atoms with Crippen molar-refractivity contribution in [2.75, 3.05) is 31.6 Å². The Hall–Kier alpha value is -2.37. The van der Waals surface area contributed by atoms with Crippen LogP contribution in [0.3, 0.4) is 0 Å². The van der Waals surface area contributed by atoms with Crippen molar-refractivity contribution in [3.05, 3.63) is 64.4 Å². The summed E-state index contributed by atoms with van der Waals surface area (Å²) in [5.41, 5.74) is 1.51. The third-order valence-electron chi connectivity index (χ3n) is 4.80. The molecule has 7 nitrogen and oxygen atoms in total. The summed E-state index contributed by atoms with van der Waals surface area (Å²) in [4.78, 5) is 16.5. The third kappa shape index (κ3) is 5.00. The normalized spacial score (nSPS) is 14.9. The molecule has 1 fully saturated rings. The lowest BCUT2D eigenvalue weighted by molar-refractivity contribution is -0.115. The van der Waals surface area contributed by atoms with Crippen LogP contribution < -0.4 is 5.32 Å². The maximum Gasteiger partial charge on any atom is 0.246 e. The van der Waals surface area contributed by atoms with Crippen LogP contribution >= 0.6 is 22.9 Å². The molecule has 0 saturated carbocycles. The number of aromatic nitrogens is 1. The fourth-order valence-corrected chi connectivity index (χ4v) is 5.86. The molecule has 0 bridgehead atoms. The maximum absolute atomic E-state index is 14.3. The number of hydrogen-bond donors (Lipinski definition) is 1. The summed E-state index contributed by atoms with van der Waals surface area (Å²) in [6, 6.07) is 10.8. The Labute approximate surface area is 193 Å². The van der Waals surface area contributed by atoms with E-state index in [0.717, 1.165) is 17.7 Å². The van der Waals surface area contributed by atoms with Gasteiger partial charge in [-0.25, -0.2) is 17.8 Å². The minimum Gasteiger partial charge on any atom is -0.379 e. The molecule has 1 saturated heterocycles. The van der Waals surface area contributed by atoms with Crippen LogP contribution in [-0.4, -0.2) is 49.9 Å². The summed E-state index contributed by atoms with van der Waals surface area (Å²) in [5.74, 6) is -1.28. The lowest BCUT2D eigenvalue weighted by atomic mass is 10.2. The van der Waals surface area contributed by atoms with E-state index in [-0.39, 0.29) is 38.4 Å². The molecule has 0 radical (unpaired) electrons. The number of thiazole rings is 1. The van der Waals surface area contributed by atoms with Crippen LogP contribution in [0.25, 0.3) is 10.6 Å². The van der Waals surface area contributed by atoms with E-state index in [9.17, 15) is 17.6 Å². The zero-order chi connectivity index (χ0) is 22.7. The Morgan fingerprint density at radius 2 is 1.97 bits per heavy atom. The fourth-order valence-electron chi connectivity index (χ4n) is 3.22. The van der Waals surface area contributed by atoms with E-state index >= 15 is 0 Å². The monoisotopic (exact) mass is 495 g/mol. The minimum absolute atomic E-state index is 0.0239. The van der Waals surface area contributed by atoms with E-state index < -0.39 is 26.6 Å². The molecule has 32 heavy (non-hydrogen) atoms. The van der Waals surface area contributed by atoms with E-state index in [0.29, 0.717) is 15.7 Å². The quantitative estimate of drug-likeness (QED) is 0.562. The van der Waals surface area contributed by atoms with Crippen molar-refractivity contribution >= 4 is 44.6 Å². The number of nitrogens with zero attached hydrogens (tertiary/aromatic N) is 2. The van der Waals surface area contributed by atoms with Crippen LogP contribution in [0.15, 0.2) is 52.7 Å². The van der Waals surface area contributed by atoms with Gasteiger partial charge in [0, 0.05) is 29.7 Å². The van der Waals surface area contributed by atoms with Gasteiger partial charge in [0.25, 0.3) is 0 Å². The lowest BCUT2D eigenvalue weighted by Gasteiger charge is -2.26. The number of anilines is 1. The number of ether oxygens (including phenoxy) is 1. The highest BCUT2D eigenvalue weighted by Crippen LogP contribution is 2.30. The predicted molar refractivity (Wildman–Crippen MR) is 121 cm³/mol. The second-order valence-corrected chi connectivity index (χ2v) is 10.2. The summed E-state index contributed by atoms with van der Waals surface area (Å²) in [7, 11) is -4.04. The molecule has 1 aliphatic heterocycles. The van der Waals surface area contributed by atoms with Gasteiger partial charge in [0.15, 0.2) is 0 Å². The molecule has 0 atom stereocenters. The Balaban J connectivity index is 1.47. The van der Waals surface area contributed by atoms with Crippen LogP contribution in [-0.2, 0) is 26.0 Å². The minimum atomic E-state index is -4.04. The molecule has 2 heterocycles. The van der Waals surface area contributed by atoms with Crippen molar-refractivity contribution in [1.29, 1.82) is 0 Å². The van der Waals surface area contributed by atoms with E-state index in [1.807, 2.05) is 18.2 Å². The van der Waals surface area contributed by atoms with Crippen LogP contribution in [0, 0.1) is 5.82 Å². The van der Waals surface area contributed by atoms with Crippen molar-refractivity contribution < 1.29 is 22.3 Å². The van der Waals surface area contributed by atoms with E-state index in [1.165, 1.54) is 21.7 Å². The first-order valence-corrected chi connectivity index (χ1v) is 12.4. The van der Waals surface area contributed by atoms with Gasteiger partial charge < -0.3 is 10.1 Å². The van der Waals surface area contributed by atoms with Gasteiger partial charge in [0.1, 0.15) is 15.7 Å². The van der Waals surface area contributed by atoms with E-state index in [2.05, 4.69) is 10.3 Å². The summed E-state index contributed by atoms with van der Waals surface area (Å²) >= 11 is 7.57. The molecule has 3 aromatic rings. The number of rotatable bonds is 6. The van der Waals surface area contributed by atoms with Crippen LogP contribution in [0.5, 0.6) is 0 Å². The molecule has 0 spiro atoms. The number of carbonyl (C=O) groups excluding carboxylic acids is 1. The Morgan fingerprint density at radius 1 is 1.22 bits per heavy atom. The highest BCUT2D eigenvalue weighted by molar-refractivity contribution is 7.89. The van der Waals surface area contributed by atoms with Crippen LogP contribution in [0.4, 0.5) is 10.1 Å². The van der Waals surface area contributed by atoms with Crippen molar-refractivity contribution in [2.24, 2.45) is 0 Å². The molecule has 1 amide bonds. The third-order valence-corrected chi connectivity index (χ3v) is 7.97. The Kier molecular flexibility index (Phi) is 6.87. The summed E-state index contributed by atoms with van der Waals surface area (Å²) in [6.07, 6.45) is -0.0239. The van der Waals surface area contributed by atoms with Crippen molar-refractivity contribution in [3.8, 4) is 10.6 Å². The summed E-state index contributed by atoms with van der Waals surface area (Å²) in [6.45, 7) is 0.800. The van der Waals surface area contributed by atoms with Gasteiger partial charge in [0.05, 0.1) is 30.4 Å². The zero-order valence-corrected chi connectivity index (χ0v) is 19.1. The Morgan fingerprint density at radius 3 is 2.72 bits per heavy atom. The largest absolute Gasteiger partial charge is 0.379 e. The van der Waals surface area contributed by atoms with Gasteiger partial charge in [-0.1, -0.05) is 29.8 Å². The second-order valence-electron chi connectivity index (χ2n) is 7.01. The van der Waals surface area contributed by atoms with Gasteiger partial charge in [-0.3, -0.25) is 4.79 Å². The van der Waals surface area contributed by atoms with Crippen molar-refractivity contribution in [1.82, 2.24) is 9.29 Å². The molecule has 0 unspecified atom stereocenters. The van der Waals surface area contributed by atoms with Crippen molar-refractivity contribution in [3.63, 3.8) is 0 Å². The standard InChI is InChI=1S/C21H19ClFN3O4S2/c22-17-4-2-1-3-16(17)21-25-15(13-31-21)12-20(27)24-14-5-6-18(23)19(11-14)32(28,29)26-7-9-30-10-8-26/h1-6,11,13H,7-10,12H2,(H,24,27). The highest BCUT2D eigenvalue weighted by atomic mass is 35.5. The predicted octanol–water partition coefficient (Wildman–Crippen LogP) is 3.80. The molecule has 168 valence electrons. The highest BCUT2D eigenvalue weighted by Gasteiger charge is 2.29. The smallest absolute Gasteiger partial charge is 0.246 e. The SMILES string of the molecule is O=C(Cc1csc(-c2ccccc2Cl)n1)Nc1ccc(F)c(S(=O)(=O)N2CCOCC2)c1. The molecule has 0 aliphatic carbocycles. The van der Waals surface area contributed by atoms with E-state index in [4.69, 9.17) is 16.3 Å². The number of hydrogen-bond acceptors (Lipinski definition) is 6. The van der Waals surface area contributed by atoms with Crippen LogP contribution in [0.1, 0.15) is 5.69 Å². The van der Waals surface area contributed by atoms with Gasteiger partial charge in [-0.15, -0.1) is 11.3 Å². The van der Waals surface area contributed by atoms with Gasteiger partial charge in [0.2, 0.25) is 15.9 Å². The second kappa shape index (κ2) is 9.63. The van der Waals surface area contributed by atoms with E-state index in [1.54, 1.807) is 11.4 Å². The number of nitrogens with one attached hydrogen (secondary N) is 1. The first-order valence-electron chi connectivity index (χ1n) is 9.71. The number of benzene rings is 2. The fraction of sp³-hybridized carbons (Fsp3) is 0.238. The van der Waals surface area contributed by atoms with Crippen LogP contribution in [0.2, 0.25) is 5.02 Å². The molecule has 1 aromatic heterocycles. The van der Waals surface area contributed by atoms with Gasteiger partial charge >= 0.3 is 0 Å². The molecular formula is C21H19ClFN3O4S2. The van der Waals surface area contributed by atoms with Crippen molar-refractivity contribution in [2.45, 2.75) is 11.3 Å². The lowest BCUT2D eigenvalue weighted by Crippen LogP contribution is -2.40. The number of amides is 1. The molecule has 11 heteroatoms. The number of sulfonamides is 1. The first-order chi connectivity index (χ1) is 15.3. The number of halogens is 2. The maximum atomic E-state index is 14.3. The molecule has 1 N–H and O–H groups in total. The zero-order valence-electron chi connectivity index (χ0n) is 16.8. The number of morpholine rings is 1. The molecule has 2 aromatic carbocycles.